The van der Waals surface area contributed by atoms with E-state index < -0.39 is 0 Å². The van der Waals surface area contributed by atoms with Gasteiger partial charge in [0, 0.05) is 19.0 Å². The van der Waals surface area contributed by atoms with Crippen molar-refractivity contribution in [2.24, 2.45) is 5.41 Å². The summed E-state index contributed by atoms with van der Waals surface area (Å²) in [5.41, 5.74) is 1.43. The number of piperidine rings is 1. The van der Waals surface area contributed by atoms with Crippen molar-refractivity contribution in [1.29, 1.82) is 0 Å². The molecule has 0 radical (unpaired) electrons. The Bertz CT molecular complexity index is 462. The fourth-order valence-corrected chi connectivity index (χ4v) is 3.78. The maximum absolute atomic E-state index is 11.1. The van der Waals surface area contributed by atoms with Gasteiger partial charge < -0.3 is 4.90 Å². The van der Waals surface area contributed by atoms with Crippen LogP contribution in [0, 0.1) is 5.41 Å². The highest BCUT2D eigenvalue weighted by Crippen LogP contribution is 2.44. The standard InChI is InChI=1S/C14H20N2OS/c1-14(2)6-3-7-16(9-14)13-15-12(10-4-5-10)11(8-17)18-13/h8,10H,3-7,9H2,1-2H3. The molecule has 0 bridgehead atoms. The lowest BCUT2D eigenvalue weighted by Gasteiger charge is -2.37. The maximum Gasteiger partial charge on any atom is 0.186 e. The molecule has 4 heteroatoms. The molecule has 2 heterocycles. The van der Waals surface area contributed by atoms with Crippen molar-refractivity contribution in [3.63, 3.8) is 0 Å². The summed E-state index contributed by atoms with van der Waals surface area (Å²) in [4.78, 5) is 19.1. The molecule has 98 valence electrons. The molecule has 2 fully saturated rings. The van der Waals surface area contributed by atoms with Gasteiger partial charge in [-0.05, 0) is 31.1 Å². The summed E-state index contributed by atoms with van der Waals surface area (Å²) in [7, 11) is 0. The average Bonchev–Trinajstić information content (AvgIpc) is 3.07. The molecule has 1 saturated heterocycles. The SMILES string of the molecule is CC1(C)CCCN(c2nc(C3CC3)c(C=O)s2)C1. The van der Waals surface area contributed by atoms with Gasteiger partial charge in [-0.15, -0.1) is 0 Å². The summed E-state index contributed by atoms with van der Waals surface area (Å²) < 4.78 is 0. The topological polar surface area (TPSA) is 33.2 Å². The molecule has 18 heavy (non-hydrogen) atoms. The number of thiazole rings is 1. The Morgan fingerprint density at radius 1 is 1.44 bits per heavy atom. The minimum atomic E-state index is 0.366. The first-order valence-electron chi connectivity index (χ1n) is 6.80. The lowest BCUT2D eigenvalue weighted by atomic mass is 9.84. The number of aromatic nitrogens is 1. The van der Waals surface area contributed by atoms with Gasteiger partial charge in [-0.25, -0.2) is 4.98 Å². The van der Waals surface area contributed by atoms with Gasteiger partial charge in [0.25, 0.3) is 0 Å². The van der Waals surface area contributed by atoms with Crippen LogP contribution >= 0.6 is 11.3 Å². The van der Waals surface area contributed by atoms with E-state index in [2.05, 4.69) is 18.7 Å². The highest BCUT2D eigenvalue weighted by atomic mass is 32.1. The molecule has 0 unspecified atom stereocenters. The van der Waals surface area contributed by atoms with Crippen molar-refractivity contribution < 1.29 is 4.79 Å². The third kappa shape index (κ3) is 2.30. The van der Waals surface area contributed by atoms with Crippen LogP contribution in [0.5, 0.6) is 0 Å². The predicted molar refractivity (Wildman–Crippen MR) is 74.7 cm³/mol. The largest absolute Gasteiger partial charge is 0.348 e. The Hall–Kier alpha value is -0.900. The number of aldehydes is 1. The van der Waals surface area contributed by atoms with Crippen molar-refractivity contribution in [3.05, 3.63) is 10.6 Å². The minimum absolute atomic E-state index is 0.366. The van der Waals surface area contributed by atoms with E-state index in [0.29, 0.717) is 11.3 Å². The Balaban J connectivity index is 1.85. The van der Waals surface area contributed by atoms with E-state index >= 15 is 0 Å². The van der Waals surface area contributed by atoms with E-state index in [0.717, 1.165) is 35.1 Å². The molecule has 0 spiro atoms. The smallest absolute Gasteiger partial charge is 0.186 e. The molecule has 0 N–H and O–H groups in total. The summed E-state index contributed by atoms with van der Waals surface area (Å²) in [6, 6.07) is 0. The van der Waals surface area contributed by atoms with Crippen LogP contribution in [0.1, 0.15) is 60.8 Å². The second-order valence-electron chi connectivity index (χ2n) is 6.33. The molecule has 2 aliphatic rings. The maximum atomic E-state index is 11.1. The van der Waals surface area contributed by atoms with Crippen LogP contribution < -0.4 is 4.90 Å². The van der Waals surface area contributed by atoms with Crippen LogP contribution in [0.4, 0.5) is 5.13 Å². The molecule has 1 saturated carbocycles. The number of carbonyl (C=O) groups is 1. The van der Waals surface area contributed by atoms with Crippen molar-refractivity contribution in [3.8, 4) is 0 Å². The lowest BCUT2D eigenvalue weighted by Crippen LogP contribution is -2.40. The zero-order valence-electron chi connectivity index (χ0n) is 11.1. The van der Waals surface area contributed by atoms with Crippen molar-refractivity contribution in [1.82, 2.24) is 4.98 Å². The van der Waals surface area contributed by atoms with Crippen LogP contribution in [0.3, 0.4) is 0 Å². The summed E-state index contributed by atoms with van der Waals surface area (Å²) in [6.07, 6.45) is 5.90. The molecule has 1 aromatic heterocycles. The van der Waals surface area contributed by atoms with E-state index in [9.17, 15) is 4.79 Å². The van der Waals surface area contributed by atoms with E-state index in [1.165, 1.54) is 25.7 Å². The second kappa shape index (κ2) is 4.34. The van der Waals surface area contributed by atoms with Crippen LogP contribution in [0.25, 0.3) is 0 Å². The minimum Gasteiger partial charge on any atom is -0.348 e. The Kier molecular flexibility index (Phi) is 2.93. The van der Waals surface area contributed by atoms with Gasteiger partial charge in [0.1, 0.15) is 0 Å². The number of hydrogen-bond donors (Lipinski definition) is 0. The summed E-state index contributed by atoms with van der Waals surface area (Å²) in [5, 5.41) is 1.06. The molecule has 0 aromatic carbocycles. The fraction of sp³-hybridized carbons (Fsp3) is 0.714. The fourth-order valence-electron chi connectivity index (χ4n) is 2.79. The van der Waals surface area contributed by atoms with E-state index in [-0.39, 0.29) is 0 Å². The van der Waals surface area contributed by atoms with Crippen LogP contribution in [-0.2, 0) is 0 Å². The van der Waals surface area contributed by atoms with Gasteiger partial charge >= 0.3 is 0 Å². The molecular weight excluding hydrogens is 244 g/mol. The third-order valence-corrected chi connectivity index (χ3v) is 4.97. The highest BCUT2D eigenvalue weighted by Gasteiger charge is 2.32. The van der Waals surface area contributed by atoms with Crippen LogP contribution in [-0.4, -0.2) is 24.4 Å². The molecule has 0 atom stereocenters. The number of carbonyl (C=O) groups excluding carboxylic acids is 1. The number of anilines is 1. The second-order valence-corrected chi connectivity index (χ2v) is 7.34. The quantitative estimate of drug-likeness (QED) is 0.784. The summed E-state index contributed by atoms with van der Waals surface area (Å²) >= 11 is 1.58. The average molecular weight is 264 g/mol. The van der Waals surface area contributed by atoms with Gasteiger partial charge in [0.05, 0.1) is 10.6 Å². The Morgan fingerprint density at radius 2 is 2.22 bits per heavy atom. The Labute approximate surface area is 112 Å². The number of rotatable bonds is 3. The van der Waals surface area contributed by atoms with E-state index in [1.807, 2.05) is 0 Å². The molecule has 0 amide bonds. The monoisotopic (exact) mass is 264 g/mol. The van der Waals surface area contributed by atoms with Gasteiger partial charge in [-0.3, -0.25) is 4.79 Å². The van der Waals surface area contributed by atoms with Gasteiger partial charge in [-0.1, -0.05) is 25.2 Å². The first kappa shape index (κ1) is 12.2. The van der Waals surface area contributed by atoms with E-state index in [1.54, 1.807) is 11.3 Å². The third-order valence-electron chi connectivity index (χ3n) is 3.91. The van der Waals surface area contributed by atoms with Crippen molar-refractivity contribution in [2.45, 2.75) is 45.4 Å². The zero-order chi connectivity index (χ0) is 12.8. The number of nitrogens with zero attached hydrogens (tertiary/aromatic N) is 2. The highest BCUT2D eigenvalue weighted by molar-refractivity contribution is 7.17. The summed E-state index contributed by atoms with van der Waals surface area (Å²) in [6.45, 7) is 6.77. The first-order chi connectivity index (χ1) is 8.59. The Morgan fingerprint density at radius 3 is 2.83 bits per heavy atom. The molecule has 1 aromatic rings. The normalized spacial score (nSPS) is 23.1. The van der Waals surface area contributed by atoms with Crippen molar-refractivity contribution >= 4 is 22.8 Å². The predicted octanol–water partition coefficient (Wildman–Crippen LogP) is 3.46. The van der Waals surface area contributed by atoms with Gasteiger partial charge in [-0.2, -0.15) is 0 Å². The molecular formula is C14H20N2OS. The summed E-state index contributed by atoms with van der Waals surface area (Å²) in [5.74, 6) is 0.563. The van der Waals surface area contributed by atoms with Gasteiger partial charge in [0.15, 0.2) is 11.4 Å². The number of hydrogen-bond acceptors (Lipinski definition) is 4. The first-order valence-corrected chi connectivity index (χ1v) is 7.61. The zero-order valence-corrected chi connectivity index (χ0v) is 11.9. The van der Waals surface area contributed by atoms with Crippen molar-refractivity contribution in [2.75, 3.05) is 18.0 Å². The molecule has 1 aliphatic carbocycles. The molecule has 3 rings (SSSR count). The van der Waals surface area contributed by atoms with Crippen LogP contribution in [0.15, 0.2) is 0 Å². The lowest BCUT2D eigenvalue weighted by molar-refractivity contribution is 0.112. The molecule has 3 nitrogen and oxygen atoms in total. The van der Waals surface area contributed by atoms with Crippen LogP contribution in [0.2, 0.25) is 0 Å². The van der Waals surface area contributed by atoms with E-state index in [4.69, 9.17) is 4.98 Å². The molecule has 1 aliphatic heterocycles. The van der Waals surface area contributed by atoms with Gasteiger partial charge in [0.2, 0.25) is 0 Å².